The molecule has 0 unspecified atom stereocenters. The highest BCUT2D eigenvalue weighted by Crippen LogP contribution is 2.19. The van der Waals surface area contributed by atoms with E-state index in [1.54, 1.807) is 6.92 Å². The van der Waals surface area contributed by atoms with Gasteiger partial charge in [0.05, 0.1) is 5.69 Å². The molecule has 1 aromatic heterocycles. The van der Waals surface area contributed by atoms with E-state index in [-0.39, 0.29) is 16.3 Å². The van der Waals surface area contributed by atoms with Crippen LogP contribution in [0, 0.1) is 12.7 Å². The molecule has 0 saturated carbocycles. The Labute approximate surface area is 98.0 Å². The van der Waals surface area contributed by atoms with E-state index in [4.69, 9.17) is 4.52 Å². The number of aryl methyl sites for hydroxylation is 1. The molecule has 90 valence electrons. The summed E-state index contributed by atoms with van der Waals surface area (Å²) in [4.78, 5) is -0.319. The van der Waals surface area contributed by atoms with Crippen LogP contribution in [0.1, 0.15) is 11.5 Å². The molecule has 0 aliphatic heterocycles. The minimum Gasteiger partial charge on any atom is -0.361 e. The summed E-state index contributed by atoms with van der Waals surface area (Å²) in [6, 6.07) is 6.77. The molecule has 0 fully saturated rings. The van der Waals surface area contributed by atoms with Crippen molar-refractivity contribution in [1.82, 2.24) is 5.16 Å². The molecule has 0 saturated heterocycles. The molecular formula is C11H10FNO3S. The molecule has 0 atom stereocenters. The van der Waals surface area contributed by atoms with Crippen molar-refractivity contribution in [3.63, 3.8) is 0 Å². The van der Waals surface area contributed by atoms with Gasteiger partial charge < -0.3 is 4.52 Å². The number of aromatic nitrogens is 1. The van der Waals surface area contributed by atoms with Crippen molar-refractivity contribution >= 4 is 9.84 Å². The third kappa shape index (κ3) is 2.52. The molecule has 0 spiro atoms. The van der Waals surface area contributed by atoms with Gasteiger partial charge in [0.25, 0.3) is 0 Å². The molecule has 17 heavy (non-hydrogen) atoms. The Morgan fingerprint density at radius 2 is 2.06 bits per heavy atom. The maximum Gasteiger partial charge on any atom is 0.187 e. The molecule has 2 rings (SSSR count). The molecule has 1 heterocycles. The first-order chi connectivity index (χ1) is 7.99. The van der Waals surface area contributed by atoms with E-state index in [1.807, 2.05) is 0 Å². The Morgan fingerprint density at radius 3 is 2.65 bits per heavy atom. The first-order valence-corrected chi connectivity index (χ1v) is 6.54. The zero-order chi connectivity index (χ0) is 12.5. The highest BCUT2D eigenvalue weighted by atomic mass is 32.2. The number of benzene rings is 1. The SMILES string of the molecule is Cc1cc(CS(=O)(=O)c2ccccc2F)no1. The Bertz CT molecular complexity index is 634. The minimum atomic E-state index is -3.73. The molecule has 0 aliphatic carbocycles. The Kier molecular flexibility index (Phi) is 2.97. The van der Waals surface area contributed by atoms with Gasteiger partial charge in [-0.05, 0) is 19.1 Å². The quantitative estimate of drug-likeness (QED) is 0.842. The summed E-state index contributed by atoms with van der Waals surface area (Å²) in [5.41, 5.74) is 0.269. The van der Waals surface area contributed by atoms with Gasteiger partial charge in [0.1, 0.15) is 22.2 Å². The number of hydrogen-bond acceptors (Lipinski definition) is 4. The van der Waals surface area contributed by atoms with Gasteiger partial charge in [-0.1, -0.05) is 17.3 Å². The summed E-state index contributed by atoms with van der Waals surface area (Å²) in [5, 5.41) is 3.58. The Morgan fingerprint density at radius 1 is 1.35 bits per heavy atom. The summed E-state index contributed by atoms with van der Waals surface area (Å²) in [6.07, 6.45) is 0. The molecule has 6 heteroatoms. The highest BCUT2D eigenvalue weighted by molar-refractivity contribution is 7.90. The minimum absolute atomic E-state index is 0.269. The van der Waals surface area contributed by atoms with Gasteiger partial charge in [-0.25, -0.2) is 12.8 Å². The van der Waals surface area contributed by atoms with Crippen LogP contribution in [0.3, 0.4) is 0 Å². The standard InChI is InChI=1S/C11H10FNO3S/c1-8-6-9(13-16-8)7-17(14,15)11-5-3-2-4-10(11)12/h2-6H,7H2,1H3. The van der Waals surface area contributed by atoms with Gasteiger partial charge in [0, 0.05) is 6.07 Å². The molecule has 1 aromatic carbocycles. The lowest BCUT2D eigenvalue weighted by Gasteiger charge is -2.02. The smallest absolute Gasteiger partial charge is 0.187 e. The van der Waals surface area contributed by atoms with Gasteiger partial charge in [-0.3, -0.25) is 0 Å². The van der Waals surface area contributed by atoms with Gasteiger partial charge in [-0.2, -0.15) is 0 Å². The number of rotatable bonds is 3. The third-order valence-corrected chi connectivity index (χ3v) is 3.86. The predicted octanol–water partition coefficient (Wildman–Crippen LogP) is 2.10. The second-order valence-corrected chi connectivity index (χ2v) is 5.58. The van der Waals surface area contributed by atoms with Crippen molar-refractivity contribution in [1.29, 1.82) is 0 Å². The third-order valence-electron chi connectivity index (χ3n) is 2.19. The summed E-state index contributed by atoms with van der Waals surface area (Å²) in [6.45, 7) is 1.66. The Balaban J connectivity index is 2.35. The van der Waals surface area contributed by atoms with Gasteiger partial charge in [0.15, 0.2) is 9.84 Å². The van der Waals surface area contributed by atoms with Crippen molar-refractivity contribution in [3.8, 4) is 0 Å². The van der Waals surface area contributed by atoms with E-state index in [0.29, 0.717) is 5.76 Å². The number of halogens is 1. The van der Waals surface area contributed by atoms with Crippen LogP contribution in [0.25, 0.3) is 0 Å². The molecule has 0 bridgehead atoms. The average Bonchev–Trinajstić information content (AvgIpc) is 2.63. The van der Waals surface area contributed by atoms with E-state index >= 15 is 0 Å². The van der Waals surface area contributed by atoms with Gasteiger partial charge in [-0.15, -0.1) is 0 Å². The molecule has 0 radical (unpaired) electrons. The lowest BCUT2D eigenvalue weighted by Crippen LogP contribution is -2.07. The van der Waals surface area contributed by atoms with E-state index in [9.17, 15) is 12.8 Å². The van der Waals surface area contributed by atoms with E-state index in [1.165, 1.54) is 24.3 Å². The van der Waals surface area contributed by atoms with E-state index < -0.39 is 15.7 Å². The van der Waals surface area contributed by atoms with Gasteiger partial charge in [0.2, 0.25) is 0 Å². The number of hydrogen-bond donors (Lipinski definition) is 0. The lowest BCUT2D eigenvalue weighted by molar-refractivity contribution is 0.392. The van der Waals surface area contributed by atoms with Crippen molar-refractivity contribution < 1.29 is 17.3 Å². The first kappa shape index (κ1) is 11.8. The van der Waals surface area contributed by atoms with Crippen molar-refractivity contribution in [2.45, 2.75) is 17.6 Å². The van der Waals surface area contributed by atoms with E-state index in [0.717, 1.165) is 6.07 Å². The topological polar surface area (TPSA) is 60.2 Å². The summed E-state index contributed by atoms with van der Waals surface area (Å²) in [7, 11) is -3.73. The Hall–Kier alpha value is -1.69. The molecule has 0 aliphatic rings. The predicted molar refractivity (Wildman–Crippen MR) is 58.5 cm³/mol. The van der Waals surface area contributed by atoms with Crippen LogP contribution in [0.15, 0.2) is 39.8 Å². The second-order valence-electron chi connectivity index (χ2n) is 3.62. The number of nitrogens with zero attached hydrogens (tertiary/aromatic N) is 1. The largest absolute Gasteiger partial charge is 0.361 e. The summed E-state index contributed by atoms with van der Waals surface area (Å²) in [5.74, 6) is -0.609. The fraction of sp³-hybridized carbons (Fsp3) is 0.182. The van der Waals surface area contributed by atoms with Crippen LogP contribution in [-0.2, 0) is 15.6 Å². The summed E-state index contributed by atoms with van der Waals surface area (Å²) >= 11 is 0. The van der Waals surface area contributed by atoms with Gasteiger partial charge >= 0.3 is 0 Å². The fourth-order valence-electron chi connectivity index (χ4n) is 1.46. The maximum atomic E-state index is 13.4. The summed E-state index contributed by atoms with van der Waals surface area (Å²) < 4.78 is 42.0. The molecule has 2 aromatic rings. The van der Waals surface area contributed by atoms with Crippen LogP contribution in [0.5, 0.6) is 0 Å². The number of sulfone groups is 1. The zero-order valence-corrected chi connectivity index (χ0v) is 9.87. The van der Waals surface area contributed by atoms with Crippen LogP contribution in [0.2, 0.25) is 0 Å². The molecule has 0 amide bonds. The first-order valence-electron chi connectivity index (χ1n) is 4.88. The van der Waals surface area contributed by atoms with Crippen molar-refractivity contribution in [3.05, 3.63) is 47.6 Å². The lowest BCUT2D eigenvalue weighted by atomic mass is 10.3. The van der Waals surface area contributed by atoms with Crippen molar-refractivity contribution in [2.24, 2.45) is 0 Å². The fourth-order valence-corrected chi connectivity index (χ4v) is 2.79. The molecular weight excluding hydrogens is 245 g/mol. The van der Waals surface area contributed by atoms with Crippen LogP contribution in [0.4, 0.5) is 4.39 Å². The monoisotopic (exact) mass is 255 g/mol. The van der Waals surface area contributed by atoms with Crippen molar-refractivity contribution in [2.75, 3.05) is 0 Å². The molecule has 0 N–H and O–H groups in total. The maximum absolute atomic E-state index is 13.4. The second kappa shape index (κ2) is 4.29. The van der Waals surface area contributed by atoms with E-state index in [2.05, 4.69) is 5.16 Å². The molecule has 4 nitrogen and oxygen atoms in total. The zero-order valence-electron chi connectivity index (χ0n) is 9.05. The van der Waals surface area contributed by atoms with Crippen LogP contribution < -0.4 is 0 Å². The van der Waals surface area contributed by atoms with Crippen LogP contribution in [-0.4, -0.2) is 13.6 Å². The highest BCUT2D eigenvalue weighted by Gasteiger charge is 2.20. The average molecular weight is 255 g/mol. The normalized spacial score (nSPS) is 11.6. The van der Waals surface area contributed by atoms with Crippen LogP contribution >= 0.6 is 0 Å².